The highest BCUT2D eigenvalue weighted by molar-refractivity contribution is 5.77. The van der Waals surface area contributed by atoms with Crippen molar-refractivity contribution in [1.29, 1.82) is 0 Å². The van der Waals surface area contributed by atoms with E-state index in [1.165, 1.54) is 19.4 Å². The van der Waals surface area contributed by atoms with Gasteiger partial charge in [0.1, 0.15) is 6.61 Å². The Morgan fingerprint density at radius 1 is 1.30 bits per heavy atom. The molecule has 2 aliphatic heterocycles. The van der Waals surface area contributed by atoms with E-state index in [9.17, 15) is 4.79 Å². The number of amides is 1. The Morgan fingerprint density at radius 2 is 2.15 bits per heavy atom. The molecule has 0 radical (unpaired) electrons. The lowest BCUT2D eigenvalue weighted by molar-refractivity contribution is -0.135. The van der Waals surface area contributed by atoms with Crippen LogP contribution in [0, 0.1) is 11.8 Å². The van der Waals surface area contributed by atoms with Gasteiger partial charge in [-0.05, 0) is 25.7 Å². The second kappa shape index (κ2) is 6.41. The predicted molar refractivity (Wildman–Crippen MR) is 75.5 cm³/mol. The zero-order valence-corrected chi connectivity index (χ0v) is 12.4. The van der Waals surface area contributed by atoms with Gasteiger partial charge in [0.15, 0.2) is 0 Å². The first kappa shape index (κ1) is 14.3. The van der Waals surface area contributed by atoms with Crippen LogP contribution in [0.3, 0.4) is 0 Å². The molecule has 1 saturated carbocycles. The summed E-state index contributed by atoms with van der Waals surface area (Å²) in [6, 6.07) is 0. The highest BCUT2D eigenvalue weighted by Crippen LogP contribution is 2.31. The number of hydrogen-bond donors (Lipinski definition) is 0. The van der Waals surface area contributed by atoms with Gasteiger partial charge in [-0.15, -0.1) is 0 Å². The topological polar surface area (TPSA) is 42.0 Å². The Balaban J connectivity index is 1.52. The summed E-state index contributed by atoms with van der Waals surface area (Å²) in [6.07, 6.45) is 3.01. The van der Waals surface area contributed by atoms with Crippen molar-refractivity contribution in [2.45, 2.75) is 25.9 Å². The molecule has 2 atom stereocenters. The van der Waals surface area contributed by atoms with Gasteiger partial charge < -0.3 is 19.3 Å². The van der Waals surface area contributed by atoms with Crippen molar-refractivity contribution >= 4 is 5.91 Å². The molecular formula is C15H26N2O3. The molecule has 0 aromatic carbocycles. The number of likely N-dealkylation sites (tertiary alicyclic amines) is 1. The zero-order valence-electron chi connectivity index (χ0n) is 12.4. The third kappa shape index (κ3) is 3.51. The van der Waals surface area contributed by atoms with Crippen molar-refractivity contribution in [3.05, 3.63) is 0 Å². The van der Waals surface area contributed by atoms with E-state index >= 15 is 0 Å². The van der Waals surface area contributed by atoms with Crippen molar-refractivity contribution in [1.82, 2.24) is 9.80 Å². The van der Waals surface area contributed by atoms with Gasteiger partial charge in [-0.25, -0.2) is 0 Å². The number of carbonyl (C=O) groups excluding carboxylic acids is 1. The van der Waals surface area contributed by atoms with Crippen LogP contribution in [0.5, 0.6) is 0 Å². The minimum Gasteiger partial charge on any atom is -0.375 e. The lowest BCUT2D eigenvalue weighted by atomic mass is 10.1. The zero-order chi connectivity index (χ0) is 13.9. The fraction of sp³-hybridized carbons (Fsp3) is 0.933. The number of fused-ring (bicyclic) bond motifs is 1. The van der Waals surface area contributed by atoms with E-state index in [-0.39, 0.29) is 18.6 Å². The van der Waals surface area contributed by atoms with E-state index in [4.69, 9.17) is 9.47 Å². The summed E-state index contributed by atoms with van der Waals surface area (Å²) in [6.45, 7) is 8.46. The molecule has 20 heavy (non-hydrogen) atoms. The second-order valence-electron chi connectivity index (χ2n) is 6.31. The molecule has 0 spiro atoms. The summed E-state index contributed by atoms with van der Waals surface area (Å²) in [4.78, 5) is 16.5. The summed E-state index contributed by atoms with van der Waals surface area (Å²) < 4.78 is 11.2. The van der Waals surface area contributed by atoms with Gasteiger partial charge in [-0.2, -0.15) is 0 Å². The molecule has 2 heterocycles. The second-order valence-corrected chi connectivity index (χ2v) is 6.31. The van der Waals surface area contributed by atoms with Gasteiger partial charge in [0.25, 0.3) is 0 Å². The minimum atomic E-state index is 0.109. The Bertz CT molecular complexity index is 346. The van der Waals surface area contributed by atoms with Crippen molar-refractivity contribution in [3.63, 3.8) is 0 Å². The Kier molecular flexibility index (Phi) is 4.58. The summed E-state index contributed by atoms with van der Waals surface area (Å²) in [5, 5.41) is 0. The van der Waals surface area contributed by atoms with E-state index in [0.29, 0.717) is 12.5 Å². The normalized spacial score (nSPS) is 31.1. The summed E-state index contributed by atoms with van der Waals surface area (Å²) in [5.41, 5.74) is 0. The van der Waals surface area contributed by atoms with Crippen LogP contribution in [-0.2, 0) is 14.3 Å². The number of ether oxygens (including phenoxy) is 2. The van der Waals surface area contributed by atoms with Gasteiger partial charge in [0.05, 0.1) is 12.7 Å². The van der Waals surface area contributed by atoms with Crippen molar-refractivity contribution in [2.24, 2.45) is 11.8 Å². The molecule has 0 unspecified atom stereocenters. The highest BCUT2D eigenvalue weighted by atomic mass is 16.5. The molecule has 0 aromatic rings. The maximum Gasteiger partial charge on any atom is 0.248 e. The molecule has 0 aromatic heterocycles. The van der Waals surface area contributed by atoms with Crippen LogP contribution in [0.4, 0.5) is 0 Å². The van der Waals surface area contributed by atoms with Crippen molar-refractivity contribution < 1.29 is 14.3 Å². The van der Waals surface area contributed by atoms with Gasteiger partial charge in [-0.1, -0.05) is 0 Å². The first-order valence-electron chi connectivity index (χ1n) is 7.95. The number of nitrogens with zero attached hydrogens (tertiary/aromatic N) is 2. The van der Waals surface area contributed by atoms with Gasteiger partial charge in [-0.3, -0.25) is 4.79 Å². The van der Waals surface area contributed by atoms with E-state index in [0.717, 1.165) is 38.7 Å². The van der Waals surface area contributed by atoms with Crippen LogP contribution in [0.15, 0.2) is 0 Å². The van der Waals surface area contributed by atoms with Crippen LogP contribution < -0.4 is 0 Å². The Labute approximate surface area is 121 Å². The van der Waals surface area contributed by atoms with E-state index in [2.05, 4.69) is 4.90 Å². The molecule has 5 heteroatoms. The summed E-state index contributed by atoms with van der Waals surface area (Å²) in [5.74, 6) is 1.50. The third-order valence-corrected chi connectivity index (χ3v) is 4.61. The third-order valence-electron chi connectivity index (χ3n) is 4.61. The van der Waals surface area contributed by atoms with Gasteiger partial charge >= 0.3 is 0 Å². The first-order valence-corrected chi connectivity index (χ1v) is 7.95. The molecule has 114 valence electrons. The highest BCUT2D eigenvalue weighted by Gasteiger charge is 2.39. The first-order chi connectivity index (χ1) is 9.76. The van der Waals surface area contributed by atoms with Crippen LogP contribution >= 0.6 is 0 Å². The molecule has 5 nitrogen and oxygen atoms in total. The van der Waals surface area contributed by atoms with Crippen LogP contribution in [-0.4, -0.2) is 74.4 Å². The fourth-order valence-electron chi connectivity index (χ4n) is 3.28. The molecule has 1 amide bonds. The number of hydrogen-bond acceptors (Lipinski definition) is 4. The fourth-order valence-corrected chi connectivity index (χ4v) is 3.28. The van der Waals surface area contributed by atoms with Crippen LogP contribution in [0.2, 0.25) is 0 Å². The number of rotatable bonds is 5. The number of carbonyl (C=O) groups is 1. The van der Waals surface area contributed by atoms with Crippen molar-refractivity contribution in [2.75, 3.05) is 52.5 Å². The van der Waals surface area contributed by atoms with Crippen LogP contribution in [0.1, 0.15) is 19.8 Å². The SMILES string of the molecule is CCOCC(=O)N1C[C@@H]2CN(CC3CC3)CCO[C@@H]2C1. The summed E-state index contributed by atoms with van der Waals surface area (Å²) in [7, 11) is 0. The quantitative estimate of drug-likeness (QED) is 0.740. The molecule has 0 N–H and O–H groups in total. The van der Waals surface area contributed by atoms with Gasteiger partial charge in [0.2, 0.25) is 5.91 Å². The Hall–Kier alpha value is -0.650. The molecule has 1 aliphatic carbocycles. The van der Waals surface area contributed by atoms with E-state index in [1.54, 1.807) is 0 Å². The molecule has 3 rings (SSSR count). The maximum absolute atomic E-state index is 12.0. The van der Waals surface area contributed by atoms with E-state index in [1.807, 2.05) is 11.8 Å². The molecule has 3 aliphatic rings. The largest absolute Gasteiger partial charge is 0.375 e. The standard InChI is InChI=1S/C15H26N2O3/c1-2-19-11-15(18)17-9-13-8-16(7-12-3-4-12)5-6-20-14(13)10-17/h12-14H,2-11H2,1H3/t13-,14+/m0/s1. The monoisotopic (exact) mass is 282 g/mol. The maximum atomic E-state index is 12.0. The molecule has 3 fully saturated rings. The lowest BCUT2D eigenvalue weighted by Crippen LogP contribution is -2.36. The van der Waals surface area contributed by atoms with Crippen LogP contribution in [0.25, 0.3) is 0 Å². The average Bonchev–Trinajstić information content (AvgIpc) is 3.20. The molecule has 2 saturated heterocycles. The molecule has 0 bridgehead atoms. The van der Waals surface area contributed by atoms with E-state index < -0.39 is 0 Å². The average molecular weight is 282 g/mol. The Morgan fingerprint density at radius 3 is 2.90 bits per heavy atom. The molecular weight excluding hydrogens is 256 g/mol. The lowest BCUT2D eigenvalue weighted by Gasteiger charge is -2.23. The predicted octanol–water partition coefficient (Wildman–Crippen LogP) is 0.592. The van der Waals surface area contributed by atoms with Gasteiger partial charge in [0, 0.05) is 45.2 Å². The smallest absolute Gasteiger partial charge is 0.248 e. The minimum absolute atomic E-state index is 0.109. The van der Waals surface area contributed by atoms with Crippen molar-refractivity contribution in [3.8, 4) is 0 Å². The summed E-state index contributed by atoms with van der Waals surface area (Å²) >= 11 is 0.